The average Bonchev–Trinajstić information content (AvgIpc) is 1.88. The molecule has 2 N–H and O–H groups in total. The summed E-state index contributed by atoms with van der Waals surface area (Å²) >= 11 is 3.16. The van der Waals surface area contributed by atoms with Gasteiger partial charge < -0.3 is 5.32 Å². The van der Waals surface area contributed by atoms with Crippen LogP contribution in [0, 0.1) is 0 Å². The molecule has 1 aromatic rings. The van der Waals surface area contributed by atoms with Gasteiger partial charge >= 0.3 is 5.69 Å². The van der Waals surface area contributed by atoms with E-state index in [1.807, 2.05) is 0 Å². The fourth-order valence-corrected chi connectivity index (χ4v) is 0.846. The zero-order chi connectivity index (χ0) is 7.40. The van der Waals surface area contributed by atoms with Crippen molar-refractivity contribution in [2.24, 2.45) is 0 Å². The summed E-state index contributed by atoms with van der Waals surface area (Å²) in [6.07, 6.45) is 1.45. The quantitative estimate of drug-likeness (QED) is 0.545. The van der Waals surface area contributed by atoms with Crippen molar-refractivity contribution in [1.82, 2.24) is 9.97 Å². The Morgan fingerprint density at radius 1 is 1.80 bits per heavy atom. The maximum Gasteiger partial charge on any atom is 0.346 e. The van der Waals surface area contributed by atoms with Crippen molar-refractivity contribution in [2.75, 3.05) is 10.8 Å². The van der Waals surface area contributed by atoms with Crippen molar-refractivity contribution in [3.05, 3.63) is 22.7 Å². The molecule has 0 saturated carbocycles. The Morgan fingerprint density at radius 2 is 2.60 bits per heavy atom. The minimum atomic E-state index is -0.342. The first-order valence-electron chi connectivity index (χ1n) is 2.68. The van der Waals surface area contributed by atoms with Crippen LogP contribution in [0.25, 0.3) is 0 Å². The summed E-state index contributed by atoms with van der Waals surface area (Å²) in [5, 5.41) is 2.87. The van der Waals surface area contributed by atoms with Gasteiger partial charge in [-0.25, -0.2) is 9.78 Å². The van der Waals surface area contributed by atoms with Crippen molar-refractivity contribution in [1.29, 1.82) is 0 Å². The summed E-state index contributed by atoms with van der Waals surface area (Å²) < 4.78 is 0. The van der Waals surface area contributed by atoms with E-state index in [1.165, 1.54) is 6.20 Å². The Balaban J connectivity index is 2.85. The molecule has 0 radical (unpaired) electrons. The monoisotopic (exact) mass is 203 g/mol. The number of nitrogens with one attached hydrogen (secondary N) is 2. The number of halogens is 1. The molecule has 0 fully saturated rings. The molecule has 0 bridgehead atoms. The molecule has 0 saturated heterocycles. The molecular weight excluding hydrogens is 198 g/mol. The summed E-state index contributed by atoms with van der Waals surface area (Å²) in [5.41, 5.74) is 0.262. The van der Waals surface area contributed by atoms with Gasteiger partial charge in [-0.1, -0.05) is 15.9 Å². The maximum absolute atomic E-state index is 10.5. The summed E-state index contributed by atoms with van der Waals surface area (Å²) in [6.45, 7) is 0. The van der Waals surface area contributed by atoms with Crippen LogP contribution in [0.5, 0.6) is 0 Å². The van der Waals surface area contributed by atoms with Crippen molar-refractivity contribution < 1.29 is 0 Å². The van der Waals surface area contributed by atoms with Gasteiger partial charge in [0.1, 0.15) is 5.82 Å². The van der Waals surface area contributed by atoms with E-state index in [2.05, 4.69) is 31.2 Å². The predicted octanol–water partition coefficient (Wildman–Crippen LogP) is 0.534. The number of anilines is 1. The second-order valence-electron chi connectivity index (χ2n) is 1.60. The lowest BCUT2D eigenvalue weighted by molar-refractivity contribution is 1.07. The van der Waals surface area contributed by atoms with Gasteiger partial charge in [-0.2, -0.15) is 0 Å². The third kappa shape index (κ3) is 1.84. The standard InChI is InChI=1S/C5H6BrN3O/c6-3-8-4-1-2-7-5(10)9-4/h1-2H,3H2,(H2,7,8,9,10). The zero-order valence-electron chi connectivity index (χ0n) is 5.10. The van der Waals surface area contributed by atoms with Crippen LogP contribution in [-0.2, 0) is 0 Å². The molecule has 0 spiro atoms. The van der Waals surface area contributed by atoms with Gasteiger partial charge in [-0.3, -0.25) is 4.98 Å². The van der Waals surface area contributed by atoms with E-state index in [0.717, 1.165) is 0 Å². The third-order valence-electron chi connectivity index (χ3n) is 0.932. The molecule has 0 atom stereocenters. The maximum atomic E-state index is 10.5. The average molecular weight is 204 g/mol. The normalized spacial score (nSPS) is 9.30. The van der Waals surface area contributed by atoms with Crippen molar-refractivity contribution >= 4 is 21.7 Å². The predicted molar refractivity (Wildman–Crippen MR) is 42.3 cm³/mol. The molecule has 10 heavy (non-hydrogen) atoms. The number of hydrogen-bond acceptors (Lipinski definition) is 3. The number of hydrogen-bond donors (Lipinski definition) is 2. The molecule has 4 nitrogen and oxygen atoms in total. The Hall–Kier alpha value is -0.840. The molecule has 1 heterocycles. The van der Waals surface area contributed by atoms with Crippen LogP contribution >= 0.6 is 15.9 Å². The van der Waals surface area contributed by atoms with Crippen LogP contribution < -0.4 is 11.0 Å². The Kier molecular flexibility index (Phi) is 2.44. The van der Waals surface area contributed by atoms with Crippen molar-refractivity contribution in [3.63, 3.8) is 0 Å². The zero-order valence-corrected chi connectivity index (χ0v) is 6.68. The molecule has 0 aliphatic carbocycles. The first-order chi connectivity index (χ1) is 4.83. The van der Waals surface area contributed by atoms with Crippen LogP contribution in [0.2, 0.25) is 0 Å². The molecule has 5 heteroatoms. The smallest absolute Gasteiger partial charge is 0.346 e. The summed E-state index contributed by atoms with van der Waals surface area (Å²) in [5.74, 6) is 0.664. The highest BCUT2D eigenvalue weighted by Crippen LogP contribution is 1.95. The molecule has 0 aliphatic heterocycles. The Labute approximate surface area is 65.8 Å². The Morgan fingerprint density at radius 3 is 3.20 bits per heavy atom. The largest absolute Gasteiger partial charge is 0.362 e. The molecule has 0 unspecified atom stereocenters. The third-order valence-corrected chi connectivity index (χ3v) is 1.21. The van der Waals surface area contributed by atoms with Crippen molar-refractivity contribution in [2.45, 2.75) is 0 Å². The number of alkyl halides is 1. The lowest BCUT2D eigenvalue weighted by atomic mass is 10.6. The lowest BCUT2D eigenvalue weighted by Gasteiger charge is -1.97. The van der Waals surface area contributed by atoms with E-state index in [4.69, 9.17) is 0 Å². The topological polar surface area (TPSA) is 57.8 Å². The molecular formula is C5H6BrN3O. The highest BCUT2D eigenvalue weighted by molar-refractivity contribution is 9.09. The number of rotatable bonds is 2. The van der Waals surface area contributed by atoms with Crippen LogP contribution in [-0.4, -0.2) is 15.4 Å². The second-order valence-corrected chi connectivity index (χ2v) is 2.16. The number of aromatic nitrogens is 2. The van der Waals surface area contributed by atoms with E-state index in [-0.39, 0.29) is 5.69 Å². The second kappa shape index (κ2) is 3.36. The number of aromatic amines is 1. The lowest BCUT2D eigenvalue weighted by Crippen LogP contribution is -2.11. The first kappa shape index (κ1) is 7.27. The highest BCUT2D eigenvalue weighted by atomic mass is 79.9. The molecule has 0 aliphatic rings. The van der Waals surface area contributed by atoms with Crippen LogP contribution in [0.3, 0.4) is 0 Å². The molecule has 1 rings (SSSR count). The fourth-order valence-electron chi connectivity index (χ4n) is 0.544. The highest BCUT2D eigenvalue weighted by Gasteiger charge is 1.87. The van der Waals surface area contributed by atoms with Gasteiger partial charge in [0.2, 0.25) is 0 Å². The van der Waals surface area contributed by atoms with E-state index < -0.39 is 0 Å². The molecule has 0 aromatic carbocycles. The van der Waals surface area contributed by atoms with Crippen LogP contribution in [0.4, 0.5) is 5.82 Å². The molecule has 1 aromatic heterocycles. The minimum Gasteiger partial charge on any atom is -0.362 e. The summed E-state index contributed by atoms with van der Waals surface area (Å²) in [4.78, 5) is 16.5. The van der Waals surface area contributed by atoms with Gasteiger partial charge in [0.25, 0.3) is 0 Å². The number of H-pyrrole nitrogens is 1. The number of nitrogens with zero attached hydrogens (tertiary/aromatic N) is 1. The SMILES string of the molecule is O=c1nccc(NCBr)[nH]1. The Bertz CT molecular complexity index is 259. The van der Waals surface area contributed by atoms with E-state index in [0.29, 0.717) is 11.3 Å². The fraction of sp³-hybridized carbons (Fsp3) is 0.200. The van der Waals surface area contributed by atoms with Gasteiger partial charge in [0, 0.05) is 6.20 Å². The van der Waals surface area contributed by atoms with E-state index >= 15 is 0 Å². The molecule has 54 valence electrons. The van der Waals surface area contributed by atoms with Gasteiger partial charge in [-0.15, -0.1) is 0 Å². The van der Waals surface area contributed by atoms with E-state index in [9.17, 15) is 4.79 Å². The van der Waals surface area contributed by atoms with Gasteiger partial charge in [0.05, 0.1) is 5.45 Å². The van der Waals surface area contributed by atoms with Crippen LogP contribution in [0.15, 0.2) is 17.1 Å². The van der Waals surface area contributed by atoms with E-state index in [1.54, 1.807) is 6.07 Å². The summed E-state index contributed by atoms with van der Waals surface area (Å²) in [7, 11) is 0. The minimum absolute atomic E-state index is 0.342. The van der Waals surface area contributed by atoms with Gasteiger partial charge in [-0.05, 0) is 6.07 Å². The van der Waals surface area contributed by atoms with Crippen molar-refractivity contribution in [3.8, 4) is 0 Å². The van der Waals surface area contributed by atoms with Gasteiger partial charge in [0.15, 0.2) is 0 Å². The summed E-state index contributed by atoms with van der Waals surface area (Å²) in [6, 6.07) is 1.68. The molecule has 0 amide bonds. The first-order valence-corrected chi connectivity index (χ1v) is 3.80. The van der Waals surface area contributed by atoms with Crippen LogP contribution in [0.1, 0.15) is 0 Å².